The number of aryl methyl sites for hydroxylation is 1. The van der Waals surface area contributed by atoms with Gasteiger partial charge in [-0.15, -0.1) is 0 Å². The first-order valence-corrected chi connectivity index (χ1v) is 14.6. The Morgan fingerprint density at radius 1 is 1.00 bits per heavy atom. The lowest BCUT2D eigenvalue weighted by atomic mass is 10.0. The molecule has 6 rings (SSSR count). The molecule has 4 N–H and O–H groups in total. The van der Waals surface area contributed by atoms with Crippen LogP contribution in [0.15, 0.2) is 41.5 Å². The highest BCUT2D eigenvalue weighted by Crippen LogP contribution is 2.42. The van der Waals surface area contributed by atoms with Gasteiger partial charge in [0.05, 0.1) is 40.7 Å². The molecule has 1 aliphatic rings. The highest BCUT2D eigenvalue weighted by molar-refractivity contribution is 6.30. The number of carbonyl (C=O) groups is 2. The van der Waals surface area contributed by atoms with Gasteiger partial charge in [0.25, 0.3) is 5.56 Å². The van der Waals surface area contributed by atoms with E-state index in [1.807, 2.05) is 19.1 Å². The Kier molecular flexibility index (Phi) is 9.19. The van der Waals surface area contributed by atoms with E-state index in [9.17, 15) is 14.4 Å². The van der Waals surface area contributed by atoms with Crippen LogP contribution in [0, 0.1) is 0 Å². The van der Waals surface area contributed by atoms with Crippen LogP contribution in [0.3, 0.4) is 0 Å². The number of aromatic nitrogens is 6. The van der Waals surface area contributed by atoms with Crippen molar-refractivity contribution in [2.24, 2.45) is 0 Å². The van der Waals surface area contributed by atoms with Gasteiger partial charge in [0.1, 0.15) is 22.2 Å². The van der Waals surface area contributed by atoms with Gasteiger partial charge in [-0.2, -0.15) is 0 Å². The van der Waals surface area contributed by atoms with Crippen molar-refractivity contribution >= 4 is 45.5 Å². The Balaban J connectivity index is 0.000000333. The molecule has 0 amide bonds. The zero-order valence-corrected chi connectivity index (χ0v) is 24.9. The van der Waals surface area contributed by atoms with E-state index in [1.165, 1.54) is 0 Å². The summed E-state index contributed by atoms with van der Waals surface area (Å²) in [5.41, 5.74) is 5.51. The second-order valence-electron chi connectivity index (χ2n) is 10.4. The summed E-state index contributed by atoms with van der Waals surface area (Å²) < 4.78 is 5.69. The third-order valence-corrected chi connectivity index (χ3v) is 7.45. The summed E-state index contributed by atoms with van der Waals surface area (Å²) in [6.45, 7) is 1.99. The molecule has 0 unspecified atom stereocenters. The van der Waals surface area contributed by atoms with Gasteiger partial charge in [0, 0.05) is 54.4 Å². The molecule has 0 aromatic carbocycles. The number of carboxylic acids is 2. The van der Waals surface area contributed by atoms with Crippen molar-refractivity contribution in [3.8, 4) is 28.4 Å². The number of imidazole rings is 1. The van der Waals surface area contributed by atoms with Crippen LogP contribution in [0.5, 0.6) is 5.75 Å². The molecule has 5 aromatic rings. The number of aromatic amines is 2. The third kappa shape index (κ3) is 6.86. The predicted molar refractivity (Wildman–Crippen MR) is 165 cm³/mol. The van der Waals surface area contributed by atoms with Crippen molar-refractivity contribution < 1.29 is 24.5 Å². The molecule has 5 aromatic heterocycles. The Bertz CT molecular complexity index is 1900. The normalized spacial score (nSPS) is 12.6. The van der Waals surface area contributed by atoms with Crippen LogP contribution in [0.1, 0.15) is 62.8 Å². The Hall–Kier alpha value is -4.84. The van der Waals surface area contributed by atoms with Crippen LogP contribution < -0.4 is 10.3 Å². The summed E-state index contributed by atoms with van der Waals surface area (Å²) in [5.74, 6) is -0.0752. The molecule has 13 heteroatoms. The van der Waals surface area contributed by atoms with Crippen LogP contribution >= 0.6 is 11.6 Å². The monoisotopic (exact) mass is 618 g/mol. The zero-order chi connectivity index (χ0) is 31.4. The minimum Gasteiger partial charge on any atom is -0.496 e. The molecule has 0 radical (unpaired) electrons. The number of carboxylic acid groups (broad SMARTS) is 2. The van der Waals surface area contributed by atoms with E-state index >= 15 is 0 Å². The number of pyridine rings is 4. The minimum absolute atomic E-state index is 0.0628. The number of hydrogen-bond donors (Lipinski definition) is 4. The van der Waals surface area contributed by atoms with E-state index in [1.54, 1.807) is 31.6 Å². The molecule has 44 heavy (non-hydrogen) atoms. The number of aliphatic carboxylic acids is 2. The smallest absolute Gasteiger partial charge is 0.303 e. The highest BCUT2D eigenvalue weighted by atomic mass is 35.5. The zero-order valence-electron chi connectivity index (χ0n) is 24.2. The molecule has 0 spiro atoms. The van der Waals surface area contributed by atoms with Gasteiger partial charge in [-0.05, 0) is 44.2 Å². The van der Waals surface area contributed by atoms with Crippen molar-refractivity contribution in [1.29, 1.82) is 0 Å². The lowest BCUT2D eigenvalue weighted by Gasteiger charge is -2.12. The first-order valence-electron chi connectivity index (χ1n) is 14.2. The fourth-order valence-electron chi connectivity index (χ4n) is 4.89. The van der Waals surface area contributed by atoms with Crippen LogP contribution in [0.4, 0.5) is 0 Å². The highest BCUT2D eigenvalue weighted by Gasteiger charge is 2.26. The number of rotatable bonds is 10. The molecule has 12 nitrogen and oxygen atoms in total. The summed E-state index contributed by atoms with van der Waals surface area (Å²) in [7, 11) is 1.65. The van der Waals surface area contributed by atoms with Crippen molar-refractivity contribution in [3.63, 3.8) is 0 Å². The summed E-state index contributed by atoms with van der Waals surface area (Å²) >= 11 is 6.17. The summed E-state index contributed by atoms with van der Waals surface area (Å²) in [6.07, 6.45) is 7.48. The maximum absolute atomic E-state index is 13.0. The molecule has 5 heterocycles. The van der Waals surface area contributed by atoms with Crippen LogP contribution in [0.2, 0.25) is 5.15 Å². The Morgan fingerprint density at radius 2 is 1.73 bits per heavy atom. The van der Waals surface area contributed by atoms with E-state index in [0.717, 1.165) is 40.7 Å². The van der Waals surface area contributed by atoms with Gasteiger partial charge < -0.3 is 24.9 Å². The van der Waals surface area contributed by atoms with Crippen molar-refractivity contribution in [2.75, 3.05) is 7.11 Å². The number of nitrogens with zero attached hydrogens (tertiary/aromatic N) is 4. The Labute approximate surface area is 256 Å². The van der Waals surface area contributed by atoms with Gasteiger partial charge in [-0.1, -0.05) is 18.5 Å². The van der Waals surface area contributed by atoms with E-state index in [0.29, 0.717) is 64.2 Å². The first-order chi connectivity index (χ1) is 21.2. The van der Waals surface area contributed by atoms with E-state index in [2.05, 4.69) is 29.9 Å². The fourth-order valence-corrected chi connectivity index (χ4v) is 5.10. The molecular formula is C31H31ClN6O6. The molecule has 0 bridgehead atoms. The number of halogens is 1. The number of unbranched alkanes of at least 4 members (excludes halogenated alkanes) is 1. The second kappa shape index (κ2) is 13.2. The van der Waals surface area contributed by atoms with Gasteiger partial charge >= 0.3 is 11.9 Å². The standard InChI is InChI=1S/C25H21ClN6O2.C6H10O4/c1-3-16-23-19(10-21(26)29-16)30-24(32-23)14-8-13-17(31-25(14)33)6-7-27-22(13)15-11-28-18(12-4-5-12)9-20(15)34-2;7-5(8)3-1-2-4-6(9)10/h6-12H,3-5H2,1-2H3,(H,30,32)(H,31,33);1-4H2,(H,7,8)(H,9,10). The average Bonchev–Trinajstić information content (AvgIpc) is 3.77. The number of fused-ring (bicyclic) bond motifs is 2. The van der Waals surface area contributed by atoms with Gasteiger partial charge in [0.15, 0.2) is 0 Å². The summed E-state index contributed by atoms with van der Waals surface area (Å²) in [6, 6.07) is 7.29. The van der Waals surface area contributed by atoms with E-state index in [-0.39, 0.29) is 18.4 Å². The van der Waals surface area contributed by atoms with Crippen molar-refractivity contribution in [2.45, 2.75) is 57.8 Å². The lowest BCUT2D eigenvalue weighted by Crippen LogP contribution is -2.10. The SMILES string of the molecule is CCc1nc(Cl)cc2[nH]c(-c3cc4c(-c5cnc(C6CC6)cc5OC)nccc4[nH]c3=O)nc12.O=C(O)CCCCC(=O)O. The van der Waals surface area contributed by atoms with E-state index < -0.39 is 11.9 Å². The van der Waals surface area contributed by atoms with Gasteiger partial charge in [-0.3, -0.25) is 24.4 Å². The molecule has 228 valence electrons. The van der Waals surface area contributed by atoms with Crippen LogP contribution in [-0.2, 0) is 16.0 Å². The molecule has 1 aliphatic carbocycles. The fraction of sp³-hybridized carbons (Fsp3) is 0.323. The van der Waals surface area contributed by atoms with E-state index in [4.69, 9.17) is 26.6 Å². The maximum Gasteiger partial charge on any atom is 0.303 e. The molecular weight excluding hydrogens is 588 g/mol. The molecule has 0 saturated heterocycles. The summed E-state index contributed by atoms with van der Waals surface area (Å²) in [5, 5.41) is 17.4. The quantitative estimate of drug-likeness (QED) is 0.111. The third-order valence-electron chi connectivity index (χ3n) is 7.26. The van der Waals surface area contributed by atoms with Gasteiger partial charge in [-0.25, -0.2) is 9.97 Å². The first kappa shape index (κ1) is 30.6. The van der Waals surface area contributed by atoms with Crippen LogP contribution in [0.25, 0.3) is 44.6 Å². The molecule has 1 saturated carbocycles. The Morgan fingerprint density at radius 3 is 2.36 bits per heavy atom. The number of hydrogen-bond acceptors (Lipinski definition) is 8. The summed E-state index contributed by atoms with van der Waals surface area (Å²) in [4.78, 5) is 57.3. The molecule has 0 aliphatic heterocycles. The molecule has 1 fully saturated rings. The number of methoxy groups -OCH3 is 1. The number of ether oxygens (including phenoxy) is 1. The van der Waals surface area contributed by atoms with Crippen molar-refractivity contribution in [3.05, 3.63) is 63.6 Å². The number of H-pyrrole nitrogens is 2. The average molecular weight is 619 g/mol. The predicted octanol–water partition coefficient (Wildman–Crippen LogP) is 5.74. The molecule has 0 atom stereocenters. The van der Waals surface area contributed by atoms with Crippen molar-refractivity contribution in [1.82, 2.24) is 29.9 Å². The maximum atomic E-state index is 13.0. The number of nitrogens with one attached hydrogen (secondary N) is 2. The van der Waals surface area contributed by atoms with Gasteiger partial charge in [0.2, 0.25) is 0 Å². The van der Waals surface area contributed by atoms with Crippen LogP contribution in [-0.4, -0.2) is 59.2 Å². The largest absolute Gasteiger partial charge is 0.496 e. The second-order valence-corrected chi connectivity index (χ2v) is 10.8. The lowest BCUT2D eigenvalue weighted by molar-refractivity contribution is -0.139. The topological polar surface area (TPSA) is 184 Å². The minimum atomic E-state index is -0.870.